The third-order valence-corrected chi connectivity index (χ3v) is 2.68. The van der Waals surface area contributed by atoms with Gasteiger partial charge >= 0.3 is 0 Å². The summed E-state index contributed by atoms with van der Waals surface area (Å²) in [6.45, 7) is 4.56. The largest absolute Gasteiger partial charge is 0.394 e. The first-order valence-corrected chi connectivity index (χ1v) is 5.43. The highest BCUT2D eigenvalue weighted by Gasteiger charge is 2.44. The zero-order valence-electron chi connectivity index (χ0n) is 9.93. The third-order valence-electron chi connectivity index (χ3n) is 2.68. The van der Waals surface area contributed by atoms with Crippen LogP contribution < -0.4 is 0 Å². The van der Waals surface area contributed by atoms with Gasteiger partial charge in [0.05, 0.1) is 12.7 Å². The van der Waals surface area contributed by atoms with Crippen LogP contribution in [0.4, 0.5) is 0 Å². The molecule has 0 bridgehead atoms. The zero-order chi connectivity index (χ0) is 13.9. The minimum absolute atomic E-state index is 0.412. The molecule has 0 amide bonds. The Morgan fingerprint density at radius 3 is 2.44 bits per heavy atom. The molecule has 1 aliphatic rings. The molecule has 6 atom stereocenters. The van der Waals surface area contributed by atoms with Gasteiger partial charge in [-0.25, -0.2) is 0 Å². The topological polar surface area (TPSA) is 123 Å². The quantitative estimate of drug-likeness (QED) is 0.442. The zero-order valence-corrected chi connectivity index (χ0v) is 9.93. The van der Waals surface area contributed by atoms with Gasteiger partial charge < -0.3 is 29.9 Å². The van der Waals surface area contributed by atoms with Gasteiger partial charge in [0, 0.05) is 0 Å². The predicted octanol–water partition coefficient (Wildman–Crippen LogP) is -1.73. The molecule has 7 nitrogen and oxygen atoms in total. The van der Waals surface area contributed by atoms with E-state index in [0.29, 0.717) is 5.57 Å². The summed E-state index contributed by atoms with van der Waals surface area (Å²) in [5.41, 5.74) is 0.412. The van der Waals surface area contributed by atoms with Crippen LogP contribution >= 0.6 is 0 Å². The second-order valence-electron chi connectivity index (χ2n) is 4.19. The molecule has 0 saturated carbocycles. The molecule has 0 aromatic rings. The number of hydrogen-bond acceptors (Lipinski definition) is 7. The van der Waals surface area contributed by atoms with E-state index < -0.39 is 43.4 Å². The minimum atomic E-state index is -1.52. The Labute approximate surface area is 104 Å². The highest BCUT2D eigenvalue weighted by atomic mass is 16.7. The summed E-state index contributed by atoms with van der Waals surface area (Å²) in [6, 6.07) is 1.81. The lowest BCUT2D eigenvalue weighted by atomic mass is 9.99. The van der Waals surface area contributed by atoms with E-state index in [4.69, 9.17) is 19.8 Å². The van der Waals surface area contributed by atoms with Gasteiger partial charge in [-0.1, -0.05) is 6.58 Å². The van der Waals surface area contributed by atoms with E-state index in [1.54, 1.807) is 6.92 Å². The number of rotatable bonds is 4. The number of aliphatic hydroxyl groups excluding tert-OH is 4. The summed E-state index contributed by atoms with van der Waals surface area (Å²) in [4.78, 5) is 0. The van der Waals surface area contributed by atoms with Crippen LogP contribution in [0.3, 0.4) is 0 Å². The molecule has 0 radical (unpaired) electrons. The lowest BCUT2D eigenvalue weighted by molar-refractivity contribution is -0.304. The van der Waals surface area contributed by atoms with E-state index in [1.807, 2.05) is 6.07 Å². The van der Waals surface area contributed by atoms with Crippen molar-refractivity contribution in [1.82, 2.24) is 0 Å². The van der Waals surface area contributed by atoms with E-state index in [0.717, 1.165) is 0 Å². The van der Waals surface area contributed by atoms with Gasteiger partial charge in [0.1, 0.15) is 24.4 Å². The Morgan fingerprint density at radius 2 is 2.00 bits per heavy atom. The van der Waals surface area contributed by atoms with E-state index in [1.165, 1.54) is 0 Å². The summed E-state index contributed by atoms with van der Waals surface area (Å²) in [5.74, 6) is 0. The summed E-state index contributed by atoms with van der Waals surface area (Å²) in [6.07, 6.45) is -7.87. The standard InChI is InChI=1S/C11H17NO6/c1-5(2)6(3-12)17-11-10(16)9(15)8(14)7(4-13)18-11/h6-11,13-16H,1,4H2,2H3. The van der Waals surface area contributed by atoms with Crippen molar-refractivity contribution in [3.63, 3.8) is 0 Å². The van der Waals surface area contributed by atoms with Gasteiger partial charge in [0.2, 0.25) is 0 Å². The van der Waals surface area contributed by atoms with Gasteiger partial charge in [0.15, 0.2) is 12.4 Å². The molecule has 7 heteroatoms. The fourth-order valence-corrected chi connectivity index (χ4v) is 1.57. The van der Waals surface area contributed by atoms with Crippen molar-refractivity contribution in [2.75, 3.05) is 6.61 Å². The van der Waals surface area contributed by atoms with Crippen LogP contribution in [0.1, 0.15) is 6.92 Å². The molecule has 0 aromatic heterocycles. The molecule has 0 aromatic carbocycles. The average Bonchev–Trinajstić information content (AvgIpc) is 2.35. The summed E-state index contributed by atoms with van der Waals surface area (Å²) in [7, 11) is 0. The van der Waals surface area contributed by atoms with E-state index in [2.05, 4.69) is 6.58 Å². The number of nitrogens with zero attached hydrogens (tertiary/aromatic N) is 1. The Morgan fingerprint density at radius 1 is 1.39 bits per heavy atom. The van der Waals surface area contributed by atoms with Crippen LogP contribution in [0.5, 0.6) is 0 Å². The fourth-order valence-electron chi connectivity index (χ4n) is 1.57. The van der Waals surface area contributed by atoms with Gasteiger partial charge in [0.25, 0.3) is 0 Å². The number of ether oxygens (including phenoxy) is 2. The summed E-state index contributed by atoms with van der Waals surface area (Å²) >= 11 is 0. The Kier molecular flexibility index (Phi) is 5.22. The van der Waals surface area contributed by atoms with Crippen molar-refractivity contribution in [2.24, 2.45) is 0 Å². The molecule has 18 heavy (non-hydrogen) atoms. The highest BCUT2D eigenvalue weighted by Crippen LogP contribution is 2.23. The average molecular weight is 259 g/mol. The molecule has 4 N–H and O–H groups in total. The molecule has 1 aliphatic heterocycles. The smallest absolute Gasteiger partial charge is 0.188 e. The SMILES string of the molecule is C=C(C)C(C#N)OC1OC(CO)C(O)C(O)C1O. The van der Waals surface area contributed by atoms with E-state index >= 15 is 0 Å². The van der Waals surface area contributed by atoms with Crippen LogP contribution in [0.25, 0.3) is 0 Å². The van der Waals surface area contributed by atoms with Crippen LogP contribution in [-0.4, -0.2) is 63.8 Å². The molecule has 102 valence electrons. The van der Waals surface area contributed by atoms with Crippen LogP contribution in [-0.2, 0) is 9.47 Å². The second-order valence-corrected chi connectivity index (χ2v) is 4.19. The monoisotopic (exact) mass is 259 g/mol. The first-order chi connectivity index (χ1) is 8.42. The van der Waals surface area contributed by atoms with Gasteiger partial charge in [-0.15, -0.1) is 0 Å². The Bertz CT molecular complexity index is 339. The van der Waals surface area contributed by atoms with Crippen LogP contribution in [0, 0.1) is 11.3 Å². The molecular formula is C11H17NO6. The predicted molar refractivity (Wildman–Crippen MR) is 59.1 cm³/mol. The van der Waals surface area contributed by atoms with Crippen molar-refractivity contribution in [1.29, 1.82) is 5.26 Å². The van der Waals surface area contributed by atoms with E-state index in [9.17, 15) is 15.3 Å². The fraction of sp³-hybridized carbons (Fsp3) is 0.727. The first-order valence-electron chi connectivity index (χ1n) is 5.43. The second kappa shape index (κ2) is 6.24. The normalized spacial score (nSPS) is 37.9. The van der Waals surface area contributed by atoms with Crippen molar-refractivity contribution < 1.29 is 29.9 Å². The highest BCUT2D eigenvalue weighted by molar-refractivity contribution is 5.10. The van der Waals surface area contributed by atoms with Crippen LogP contribution in [0.2, 0.25) is 0 Å². The third kappa shape index (κ3) is 3.05. The van der Waals surface area contributed by atoms with Gasteiger partial charge in [-0.05, 0) is 12.5 Å². The lowest BCUT2D eigenvalue weighted by Gasteiger charge is -2.40. The molecule has 0 spiro atoms. The van der Waals surface area contributed by atoms with Crippen molar-refractivity contribution in [2.45, 2.75) is 43.7 Å². The molecular weight excluding hydrogens is 242 g/mol. The summed E-state index contributed by atoms with van der Waals surface area (Å²) in [5, 5.41) is 46.5. The Hall–Kier alpha value is -1.01. The maximum Gasteiger partial charge on any atom is 0.188 e. The maximum atomic E-state index is 9.67. The Balaban J connectivity index is 2.76. The minimum Gasteiger partial charge on any atom is -0.394 e. The molecule has 0 aliphatic carbocycles. The molecule has 1 rings (SSSR count). The first kappa shape index (κ1) is 15.0. The summed E-state index contributed by atoms with van der Waals surface area (Å²) < 4.78 is 10.2. The van der Waals surface area contributed by atoms with Crippen molar-refractivity contribution in [3.8, 4) is 6.07 Å². The van der Waals surface area contributed by atoms with Gasteiger partial charge in [-0.3, -0.25) is 0 Å². The number of hydrogen-bond donors (Lipinski definition) is 4. The molecule has 1 saturated heterocycles. The number of nitriles is 1. The van der Waals surface area contributed by atoms with Crippen LogP contribution in [0.15, 0.2) is 12.2 Å². The van der Waals surface area contributed by atoms with Crippen molar-refractivity contribution in [3.05, 3.63) is 12.2 Å². The molecule has 1 fully saturated rings. The molecule has 1 heterocycles. The van der Waals surface area contributed by atoms with Crippen molar-refractivity contribution >= 4 is 0 Å². The number of aliphatic hydroxyl groups is 4. The molecule has 6 unspecified atom stereocenters. The lowest BCUT2D eigenvalue weighted by Crippen LogP contribution is -2.59. The van der Waals surface area contributed by atoms with E-state index in [-0.39, 0.29) is 0 Å². The maximum absolute atomic E-state index is 9.67. The van der Waals surface area contributed by atoms with Gasteiger partial charge in [-0.2, -0.15) is 5.26 Å².